The fourth-order valence-corrected chi connectivity index (χ4v) is 0.688. The first-order valence-corrected chi connectivity index (χ1v) is 4.63. The molecule has 4 heteroatoms. The Kier molecular flexibility index (Phi) is 5.03. The molecule has 0 aromatic rings. The summed E-state index contributed by atoms with van der Waals surface area (Å²) in [4.78, 5) is 11.0. The molecule has 0 aliphatic rings. The molecule has 13 heavy (non-hydrogen) atoms. The van der Waals surface area contributed by atoms with E-state index in [0.717, 1.165) is 0 Å². The third kappa shape index (κ3) is 5.66. The van der Waals surface area contributed by atoms with Crippen LogP contribution in [0, 0.1) is 0 Å². The van der Waals surface area contributed by atoms with E-state index in [0.29, 0.717) is 29.2 Å². The Hall–Kier alpha value is -0.540. The van der Waals surface area contributed by atoms with Crippen LogP contribution in [0.2, 0.25) is 0 Å². The Labute approximate surface area is 84.5 Å². The third-order valence-electron chi connectivity index (χ3n) is 1.60. The maximum absolute atomic E-state index is 11.0. The molecule has 0 aromatic heterocycles. The van der Waals surface area contributed by atoms with Gasteiger partial charge in [0, 0.05) is 5.57 Å². The van der Waals surface area contributed by atoms with Crippen molar-refractivity contribution in [3.63, 3.8) is 0 Å². The second-order valence-corrected chi connectivity index (χ2v) is 3.93. The van der Waals surface area contributed by atoms with E-state index in [9.17, 15) is 4.79 Å². The van der Waals surface area contributed by atoms with Crippen molar-refractivity contribution in [3.05, 3.63) is 12.2 Å². The van der Waals surface area contributed by atoms with E-state index >= 15 is 0 Å². The first-order chi connectivity index (χ1) is 5.89. The lowest BCUT2D eigenvalue weighted by Crippen LogP contribution is -2.41. The second-order valence-electron chi connectivity index (χ2n) is 3.70. The Morgan fingerprint density at radius 1 is 1.54 bits per heavy atom. The molecule has 0 unspecified atom stereocenters. The highest BCUT2D eigenvalue weighted by Crippen LogP contribution is 1.99. The standard InChI is InChI=1S/C9H17ClNO2/c1-8(2)9(12)13-6-5-11(3,4)7-10/h1,5-7H2,2-4H3/q+1. The molecular formula is C9H17ClNO2+. The minimum Gasteiger partial charge on any atom is -0.456 e. The summed E-state index contributed by atoms with van der Waals surface area (Å²) in [6.07, 6.45) is 0. The van der Waals surface area contributed by atoms with Crippen molar-refractivity contribution in [3.8, 4) is 0 Å². The number of hydrogen-bond donors (Lipinski definition) is 0. The lowest BCUT2D eigenvalue weighted by atomic mass is 10.4. The number of halogens is 1. The second kappa shape index (κ2) is 5.25. The number of rotatable bonds is 5. The zero-order chi connectivity index (χ0) is 10.5. The number of carbonyl (C=O) groups excluding carboxylic acids is 1. The van der Waals surface area contributed by atoms with Crippen LogP contribution in [0.25, 0.3) is 0 Å². The molecular weight excluding hydrogens is 190 g/mol. The molecule has 0 saturated heterocycles. The van der Waals surface area contributed by atoms with Gasteiger partial charge in [0.2, 0.25) is 0 Å². The van der Waals surface area contributed by atoms with Crippen LogP contribution in [0.5, 0.6) is 0 Å². The molecule has 0 fully saturated rings. The number of ether oxygens (including phenoxy) is 1. The van der Waals surface area contributed by atoms with E-state index in [1.807, 2.05) is 14.1 Å². The zero-order valence-electron chi connectivity index (χ0n) is 8.47. The van der Waals surface area contributed by atoms with Gasteiger partial charge in [-0.15, -0.1) is 0 Å². The summed E-state index contributed by atoms with van der Waals surface area (Å²) in [7, 11) is 3.95. The highest BCUT2D eigenvalue weighted by atomic mass is 35.5. The van der Waals surface area contributed by atoms with Crippen LogP contribution >= 0.6 is 11.6 Å². The van der Waals surface area contributed by atoms with Crippen LogP contribution < -0.4 is 0 Å². The summed E-state index contributed by atoms with van der Waals surface area (Å²) in [5.74, 6) is -0.338. The third-order valence-corrected chi connectivity index (χ3v) is 2.25. The van der Waals surface area contributed by atoms with Gasteiger partial charge in [0.05, 0.1) is 14.1 Å². The van der Waals surface area contributed by atoms with Gasteiger partial charge in [0.25, 0.3) is 0 Å². The monoisotopic (exact) mass is 206 g/mol. The molecule has 0 aliphatic heterocycles. The van der Waals surface area contributed by atoms with Gasteiger partial charge in [0.15, 0.2) is 6.00 Å². The predicted molar refractivity (Wildman–Crippen MR) is 53.5 cm³/mol. The largest absolute Gasteiger partial charge is 0.456 e. The Morgan fingerprint density at radius 2 is 2.08 bits per heavy atom. The van der Waals surface area contributed by atoms with E-state index in [4.69, 9.17) is 16.3 Å². The molecule has 3 nitrogen and oxygen atoms in total. The number of alkyl halides is 1. The minimum atomic E-state index is -0.338. The summed E-state index contributed by atoms with van der Waals surface area (Å²) in [5, 5.41) is 0. The lowest BCUT2D eigenvalue weighted by molar-refractivity contribution is -0.879. The molecule has 0 N–H and O–H groups in total. The van der Waals surface area contributed by atoms with Crippen molar-refractivity contribution in [2.75, 3.05) is 33.3 Å². The highest BCUT2D eigenvalue weighted by molar-refractivity contribution is 6.16. The fraction of sp³-hybridized carbons (Fsp3) is 0.667. The molecule has 0 aliphatic carbocycles. The van der Waals surface area contributed by atoms with Crippen molar-refractivity contribution in [2.45, 2.75) is 6.92 Å². The Balaban J connectivity index is 3.68. The Bertz CT molecular complexity index is 202. The molecule has 0 saturated carbocycles. The molecule has 0 spiro atoms. The van der Waals surface area contributed by atoms with Crippen LogP contribution in [0.4, 0.5) is 0 Å². The quantitative estimate of drug-likeness (QED) is 0.223. The first kappa shape index (κ1) is 12.5. The van der Waals surface area contributed by atoms with E-state index in [2.05, 4.69) is 6.58 Å². The number of quaternary nitrogens is 1. The maximum Gasteiger partial charge on any atom is 0.333 e. The van der Waals surface area contributed by atoms with E-state index < -0.39 is 0 Å². The van der Waals surface area contributed by atoms with E-state index in [-0.39, 0.29) is 5.97 Å². The van der Waals surface area contributed by atoms with Gasteiger partial charge < -0.3 is 9.22 Å². The molecule has 0 amide bonds. The van der Waals surface area contributed by atoms with Crippen LogP contribution in [-0.2, 0) is 9.53 Å². The van der Waals surface area contributed by atoms with Gasteiger partial charge in [0.1, 0.15) is 13.2 Å². The topological polar surface area (TPSA) is 26.3 Å². The molecule has 0 aromatic carbocycles. The Morgan fingerprint density at radius 3 is 2.46 bits per heavy atom. The molecule has 0 radical (unpaired) electrons. The van der Waals surface area contributed by atoms with Gasteiger partial charge in [-0.2, -0.15) is 0 Å². The molecule has 76 valence electrons. The maximum atomic E-state index is 11.0. The van der Waals surface area contributed by atoms with Gasteiger partial charge in [-0.25, -0.2) is 4.79 Å². The van der Waals surface area contributed by atoms with Crippen LogP contribution in [-0.4, -0.2) is 43.7 Å². The molecule has 0 rings (SSSR count). The summed E-state index contributed by atoms with van der Waals surface area (Å²) in [6, 6.07) is 0.505. The van der Waals surface area contributed by atoms with Crippen LogP contribution in [0.1, 0.15) is 6.92 Å². The van der Waals surface area contributed by atoms with Gasteiger partial charge in [-0.1, -0.05) is 18.2 Å². The minimum absolute atomic E-state index is 0.338. The average Bonchev–Trinajstić information content (AvgIpc) is 2.04. The summed E-state index contributed by atoms with van der Waals surface area (Å²) in [5.41, 5.74) is 0.427. The summed E-state index contributed by atoms with van der Waals surface area (Å²) < 4.78 is 5.56. The average molecular weight is 207 g/mol. The first-order valence-electron chi connectivity index (χ1n) is 4.09. The predicted octanol–water partition coefficient (Wildman–Crippen LogP) is 1.38. The van der Waals surface area contributed by atoms with Crippen molar-refractivity contribution >= 4 is 17.6 Å². The van der Waals surface area contributed by atoms with Gasteiger partial charge in [-0.3, -0.25) is 0 Å². The molecule has 0 bridgehead atoms. The van der Waals surface area contributed by atoms with Crippen molar-refractivity contribution < 1.29 is 14.0 Å². The van der Waals surface area contributed by atoms with E-state index in [1.54, 1.807) is 6.92 Å². The van der Waals surface area contributed by atoms with Crippen molar-refractivity contribution in [1.82, 2.24) is 0 Å². The number of nitrogens with zero attached hydrogens (tertiary/aromatic N) is 1. The highest BCUT2D eigenvalue weighted by Gasteiger charge is 2.13. The lowest BCUT2D eigenvalue weighted by Gasteiger charge is -2.26. The van der Waals surface area contributed by atoms with Crippen molar-refractivity contribution in [1.29, 1.82) is 0 Å². The number of hydrogen-bond acceptors (Lipinski definition) is 2. The summed E-state index contributed by atoms with van der Waals surface area (Å²) >= 11 is 5.69. The van der Waals surface area contributed by atoms with Gasteiger partial charge >= 0.3 is 5.97 Å². The van der Waals surface area contributed by atoms with Crippen LogP contribution in [0.3, 0.4) is 0 Å². The fourth-order valence-electron chi connectivity index (χ4n) is 0.568. The molecule has 0 heterocycles. The number of likely N-dealkylation sites (N-methyl/N-ethyl adjacent to an activating group) is 1. The van der Waals surface area contributed by atoms with Crippen molar-refractivity contribution in [2.24, 2.45) is 0 Å². The smallest absolute Gasteiger partial charge is 0.333 e. The molecule has 0 atom stereocenters. The van der Waals surface area contributed by atoms with E-state index in [1.165, 1.54) is 0 Å². The number of carbonyl (C=O) groups is 1. The normalized spacial score (nSPS) is 11.1. The van der Waals surface area contributed by atoms with Crippen LogP contribution in [0.15, 0.2) is 12.2 Å². The zero-order valence-corrected chi connectivity index (χ0v) is 9.23. The summed E-state index contributed by atoms with van der Waals surface area (Å²) in [6.45, 7) is 6.20. The van der Waals surface area contributed by atoms with Gasteiger partial charge in [-0.05, 0) is 6.92 Å². The number of esters is 1. The SMILES string of the molecule is C=C(C)C(=O)OCC[N+](C)(C)CCl.